The van der Waals surface area contributed by atoms with Crippen LogP contribution >= 0.6 is 0 Å². The molecule has 0 bridgehead atoms. The van der Waals surface area contributed by atoms with Crippen LogP contribution in [-0.2, 0) is 9.53 Å². The molecule has 78 valence electrons. The molecule has 1 saturated heterocycles. The SMILES string of the molecule is NC(=O)N1COC(c2ccccc2)C1=O. The topological polar surface area (TPSA) is 72.6 Å². The molecule has 1 heterocycles. The van der Waals surface area contributed by atoms with Crippen molar-refractivity contribution in [3.63, 3.8) is 0 Å². The van der Waals surface area contributed by atoms with Crippen LogP contribution in [0.4, 0.5) is 4.79 Å². The summed E-state index contributed by atoms with van der Waals surface area (Å²) in [6.45, 7) is -0.0757. The van der Waals surface area contributed by atoms with Gasteiger partial charge in [-0.1, -0.05) is 30.3 Å². The van der Waals surface area contributed by atoms with E-state index in [4.69, 9.17) is 10.5 Å². The number of hydrogen-bond acceptors (Lipinski definition) is 3. The zero-order valence-corrected chi connectivity index (χ0v) is 7.92. The third-order valence-corrected chi connectivity index (χ3v) is 2.23. The molecular formula is C10H10N2O3. The highest BCUT2D eigenvalue weighted by molar-refractivity contribution is 5.97. The predicted molar refractivity (Wildman–Crippen MR) is 51.6 cm³/mol. The number of urea groups is 1. The molecule has 1 unspecified atom stereocenters. The molecule has 1 atom stereocenters. The van der Waals surface area contributed by atoms with Gasteiger partial charge in [-0.25, -0.2) is 9.69 Å². The Bertz CT molecular complexity index is 391. The number of ether oxygens (including phenoxy) is 1. The third kappa shape index (κ3) is 1.69. The van der Waals surface area contributed by atoms with Crippen molar-refractivity contribution < 1.29 is 14.3 Å². The molecule has 2 N–H and O–H groups in total. The number of hydrogen-bond donors (Lipinski definition) is 1. The molecule has 0 aliphatic carbocycles. The maximum absolute atomic E-state index is 11.6. The van der Waals surface area contributed by atoms with Crippen LogP contribution in [-0.4, -0.2) is 23.6 Å². The van der Waals surface area contributed by atoms with Crippen molar-refractivity contribution in [3.05, 3.63) is 35.9 Å². The minimum atomic E-state index is -0.779. The monoisotopic (exact) mass is 206 g/mol. The van der Waals surface area contributed by atoms with Crippen molar-refractivity contribution >= 4 is 11.9 Å². The molecule has 1 aliphatic rings. The lowest BCUT2D eigenvalue weighted by molar-refractivity contribution is -0.128. The van der Waals surface area contributed by atoms with Gasteiger partial charge in [0.15, 0.2) is 6.10 Å². The summed E-state index contributed by atoms with van der Waals surface area (Å²) in [7, 11) is 0. The number of imide groups is 1. The zero-order chi connectivity index (χ0) is 10.8. The fourth-order valence-corrected chi connectivity index (χ4v) is 1.46. The van der Waals surface area contributed by atoms with Crippen molar-refractivity contribution in [2.24, 2.45) is 5.73 Å². The molecule has 1 fully saturated rings. The number of carbonyl (C=O) groups excluding carboxylic acids is 2. The van der Waals surface area contributed by atoms with Crippen molar-refractivity contribution in [2.75, 3.05) is 6.73 Å². The van der Waals surface area contributed by atoms with Gasteiger partial charge in [0.2, 0.25) is 0 Å². The standard InChI is InChI=1S/C10H10N2O3/c11-10(14)12-6-15-8(9(12)13)7-4-2-1-3-5-7/h1-5,8H,6H2,(H2,11,14). The van der Waals surface area contributed by atoms with E-state index in [1.165, 1.54) is 0 Å². The maximum Gasteiger partial charge on any atom is 0.323 e. The summed E-state index contributed by atoms with van der Waals surface area (Å²) in [6, 6.07) is 8.21. The number of rotatable bonds is 1. The third-order valence-electron chi connectivity index (χ3n) is 2.23. The number of nitrogens with zero attached hydrogens (tertiary/aromatic N) is 1. The van der Waals surface area contributed by atoms with Gasteiger partial charge in [-0.3, -0.25) is 4.79 Å². The van der Waals surface area contributed by atoms with Gasteiger partial charge in [-0.15, -0.1) is 0 Å². The van der Waals surface area contributed by atoms with E-state index >= 15 is 0 Å². The molecule has 1 aromatic rings. The van der Waals surface area contributed by atoms with Gasteiger partial charge in [0.1, 0.15) is 6.73 Å². The smallest absolute Gasteiger partial charge is 0.323 e. The fourth-order valence-electron chi connectivity index (χ4n) is 1.46. The summed E-state index contributed by atoms with van der Waals surface area (Å²) in [5.74, 6) is -0.409. The van der Waals surface area contributed by atoms with Gasteiger partial charge in [0.05, 0.1) is 0 Å². The molecule has 2 rings (SSSR count). The minimum absolute atomic E-state index is 0.0757. The van der Waals surface area contributed by atoms with Gasteiger partial charge in [-0.2, -0.15) is 0 Å². The Kier molecular flexibility index (Phi) is 2.39. The molecule has 0 saturated carbocycles. The Morgan fingerprint density at radius 2 is 2.07 bits per heavy atom. The van der Waals surface area contributed by atoms with Crippen LogP contribution in [0.5, 0.6) is 0 Å². The van der Waals surface area contributed by atoms with Gasteiger partial charge >= 0.3 is 6.03 Å². The molecule has 15 heavy (non-hydrogen) atoms. The van der Waals surface area contributed by atoms with Crippen LogP contribution in [0, 0.1) is 0 Å². The summed E-state index contributed by atoms with van der Waals surface area (Å²) in [6.07, 6.45) is -0.710. The summed E-state index contributed by atoms with van der Waals surface area (Å²) in [4.78, 5) is 23.4. The molecule has 1 aliphatic heterocycles. The van der Waals surface area contributed by atoms with Gasteiger partial charge in [0, 0.05) is 0 Å². The fraction of sp³-hybridized carbons (Fsp3) is 0.200. The quantitative estimate of drug-likeness (QED) is 0.732. The number of primary amides is 1. The van der Waals surface area contributed by atoms with Crippen molar-refractivity contribution in [1.29, 1.82) is 0 Å². The zero-order valence-electron chi connectivity index (χ0n) is 7.92. The van der Waals surface area contributed by atoms with E-state index in [0.717, 1.165) is 10.5 Å². The largest absolute Gasteiger partial charge is 0.351 e. The lowest BCUT2D eigenvalue weighted by Gasteiger charge is -2.08. The lowest BCUT2D eigenvalue weighted by Crippen LogP contribution is -2.37. The van der Waals surface area contributed by atoms with Crippen LogP contribution in [0.25, 0.3) is 0 Å². The van der Waals surface area contributed by atoms with Crippen molar-refractivity contribution in [2.45, 2.75) is 6.10 Å². The highest BCUT2D eigenvalue weighted by Crippen LogP contribution is 2.25. The van der Waals surface area contributed by atoms with Gasteiger partial charge < -0.3 is 10.5 Å². The maximum atomic E-state index is 11.6. The van der Waals surface area contributed by atoms with Crippen molar-refractivity contribution in [3.8, 4) is 0 Å². The Morgan fingerprint density at radius 1 is 1.40 bits per heavy atom. The molecule has 1 aromatic carbocycles. The number of carbonyl (C=O) groups is 2. The van der Waals surface area contributed by atoms with Gasteiger partial charge in [0.25, 0.3) is 5.91 Å². The Hall–Kier alpha value is -1.88. The second-order valence-corrected chi connectivity index (χ2v) is 3.19. The van der Waals surface area contributed by atoms with Crippen LogP contribution in [0.15, 0.2) is 30.3 Å². The van der Waals surface area contributed by atoms with Gasteiger partial charge in [-0.05, 0) is 5.56 Å². The summed E-state index contributed by atoms with van der Waals surface area (Å²) in [5, 5.41) is 0. The van der Waals surface area contributed by atoms with Crippen LogP contribution in [0.1, 0.15) is 11.7 Å². The molecule has 5 nitrogen and oxygen atoms in total. The average molecular weight is 206 g/mol. The summed E-state index contributed by atoms with van der Waals surface area (Å²) < 4.78 is 5.20. The first-order valence-electron chi connectivity index (χ1n) is 4.47. The van der Waals surface area contributed by atoms with E-state index < -0.39 is 18.0 Å². The number of benzene rings is 1. The van der Waals surface area contributed by atoms with Crippen LogP contribution in [0.2, 0.25) is 0 Å². The van der Waals surface area contributed by atoms with Crippen LogP contribution < -0.4 is 5.73 Å². The van der Waals surface area contributed by atoms with E-state index in [1.54, 1.807) is 24.3 Å². The van der Waals surface area contributed by atoms with Crippen molar-refractivity contribution in [1.82, 2.24) is 4.90 Å². The average Bonchev–Trinajstić information content (AvgIpc) is 2.61. The number of nitrogens with two attached hydrogens (primary N) is 1. The molecule has 0 aromatic heterocycles. The highest BCUT2D eigenvalue weighted by Gasteiger charge is 2.36. The van der Waals surface area contributed by atoms with E-state index in [2.05, 4.69) is 0 Å². The van der Waals surface area contributed by atoms with E-state index in [1.807, 2.05) is 6.07 Å². The molecular weight excluding hydrogens is 196 g/mol. The molecule has 5 heteroatoms. The highest BCUT2D eigenvalue weighted by atomic mass is 16.5. The lowest BCUT2D eigenvalue weighted by atomic mass is 10.1. The second kappa shape index (κ2) is 3.70. The number of amides is 3. The first-order valence-corrected chi connectivity index (χ1v) is 4.47. The summed E-state index contributed by atoms with van der Waals surface area (Å²) >= 11 is 0. The van der Waals surface area contributed by atoms with E-state index in [-0.39, 0.29) is 6.73 Å². The van der Waals surface area contributed by atoms with Crippen LogP contribution in [0.3, 0.4) is 0 Å². The molecule has 3 amide bonds. The minimum Gasteiger partial charge on any atom is -0.351 e. The normalized spacial score (nSPS) is 20.7. The first kappa shape index (κ1) is 9.67. The van der Waals surface area contributed by atoms with E-state index in [9.17, 15) is 9.59 Å². The van der Waals surface area contributed by atoms with E-state index in [0.29, 0.717) is 0 Å². The predicted octanol–water partition coefficient (Wildman–Crippen LogP) is 0.623. The summed E-state index contributed by atoms with van der Waals surface area (Å²) in [5.41, 5.74) is 5.74. The molecule has 0 radical (unpaired) electrons. The Morgan fingerprint density at radius 3 is 2.60 bits per heavy atom. The Labute approximate surface area is 86.4 Å². The molecule has 0 spiro atoms. The first-order chi connectivity index (χ1) is 7.20. The Balaban J connectivity index is 2.21. The second-order valence-electron chi connectivity index (χ2n) is 3.19.